The van der Waals surface area contributed by atoms with Crippen LogP contribution in [-0.2, 0) is 19.6 Å². The molecule has 0 radical (unpaired) electrons. The fourth-order valence-corrected chi connectivity index (χ4v) is 3.25. The van der Waals surface area contributed by atoms with Crippen molar-refractivity contribution in [3.63, 3.8) is 0 Å². The van der Waals surface area contributed by atoms with Gasteiger partial charge in [-0.1, -0.05) is 11.6 Å². The van der Waals surface area contributed by atoms with Gasteiger partial charge in [0.15, 0.2) is 18.1 Å². The molecule has 2 aromatic rings. The summed E-state index contributed by atoms with van der Waals surface area (Å²) in [6.45, 7) is -0.597. The Balaban J connectivity index is 2.02. The van der Waals surface area contributed by atoms with Gasteiger partial charge in [-0.15, -0.1) is 0 Å². The second kappa shape index (κ2) is 8.91. The molecule has 2 aromatic carbocycles. The number of sulfonamides is 1. The van der Waals surface area contributed by atoms with Crippen LogP contribution in [-0.4, -0.2) is 41.1 Å². The molecule has 11 heteroatoms. The van der Waals surface area contributed by atoms with Gasteiger partial charge in [-0.3, -0.25) is 4.79 Å². The molecule has 0 heterocycles. The number of esters is 1. The van der Waals surface area contributed by atoms with Crippen LogP contribution in [0.25, 0.3) is 0 Å². The quantitative estimate of drug-likeness (QED) is 0.642. The Hall–Kier alpha value is -2.82. The lowest BCUT2D eigenvalue weighted by Gasteiger charge is -2.11. The molecule has 0 saturated carbocycles. The second-order valence-corrected chi connectivity index (χ2v) is 7.32. The van der Waals surface area contributed by atoms with E-state index in [4.69, 9.17) is 31.0 Å². The van der Waals surface area contributed by atoms with Crippen molar-refractivity contribution in [2.24, 2.45) is 5.14 Å². The number of ether oxygens (including phenoxy) is 3. The Kier molecular flexibility index (Phi) is 6.84. The topological polar surface area (TPSA) is 134 Å². The first-order valence-corrected chi connectivity index (χ1v) is 9.59. The van der Waals surface area contributed by atoms with E-state index in [2.05, 4.69) is 5.32 Å². The number of hydrogen-bond donors (Lipinski definition) is 2. The number of benzene rings is 2. The minimum atomic E-state index is -4.12. The third-order valence-corrected chi connectivity index (χ3v) is 4.87. The van der Waals surface area contributed by atoms with E-state index in [0.29, 0.717) is 17.2 Å². The predicted octanol–water partition coefficient (Wildman–Crippen LogP) is 1.80. The summed E-state index contributed by atoms with van der Waals surface area (Å²) in [7, 11) is -1.18. The van der Waals surface area contributed by atoms with Gasteiger partial charge in [-0.05, 0) is 30.3 Å². The van der Waals surface area contributed by atoms with Crippen molar-refractivity contribution in [3.8, 4) is 11.5 Å². The van der Waals surface area contributed by atoms with Gasteiger partial charge in [0, 0.05) is 11.8 Å². The van der Waals surface area contributed by atoms with Crippen molar-refractivity contribution in [1.82, 2.24) is 0 Å². The summed E-state index contributed by atoms with van der Waals surface area (Å²) < 4.78 is 38.0. The van der Waals surface area contributed by atoms with Gasteiger partial charge in [0.25, 0.3) is 5.91 Å². The lowest BCUT2D eigenvalue weighted by molar-refractivity contribution is -0.119. The average Bonchev–Trinajstić information content (AvgIpc) is 2.65. The van der Waals surface area contributed by atoms with E-state index >= 15 is 0 Å². The molecule has 0 aromatic heterocycles. The molecule has 2 rings (SSSR count). The zero-order valence-corrected chi connectivity index (χ0v) is 16.5. The summed E-state index contributed by atoms with van der Waals surface area (Å²) in [6.07, 6.45) is 0. The van der Waals surface area contributed by atoms with Gasteiger partial charge >= 0.3 is 5.97 Å². The predicted molar refractivity (Wildman–Crippen MR) is 101 cm³/mol. The molecule has 0 spiro atoms. The number of anilines is 1. The smallest absolute Gasteiger partial charge is 0.338 e. The summed E-state index contributed by atoms with van der Waals surface area (Å²) in [5.41, 5.74) is 0.286. The van der Waals surface area contributed by atoms with Crippen molar-refractivity contribution < 1.29 is 32.2 Å². The number of rotatable bonds is 7. The van der Waals surface area contributed by atoms with Gasteiger partial charge in [0.1, 0.15) is 4.90 Å². The Labute approximate surface area is 166 Å². The first-order valence-electron chi connectivity index (χ1n) is 7.67. The van der Waals surface area contributed by atoms with E-state index in [1.807, 2.05) is 0 Å². The van der Waals surface area contributed by atoms with E-state index in [1.165, 1.54) is 32.4 Å². The van der Waals surface area contributed by atoms with Gasteiger partial charge in [0.05, 0.1) is 24.8 Å². The fraction of sp³-hybridized carbons (Fsp3) is 0.176. The molecule has 1 amide bonds. The van der Waals surface area contributed by atoms with Gasteiger partial charge in [0.2, 0.25) is 10.0 Å². The molecule has 0 atom stereocenters. The molecule has 0 bridgehead atoms. The molecule has 0 saturated heterocycles. The Morgan fingerprint density at radius 3 is 2.36 bits per heavy atom. The summed E-state index contributed by atoms with van der Waals surface area (Å²) >= 11 is 5.76. The van der Waals surface area contributed by atoms with Gasteiger partial charge < -0.3 is 19.5 Å². The van der Waals surface area contributed by atoms with Crippen LogP contribution < -0.4 is 19.9 Å². The number of methoxy groups -OCH3 is 2. The Morgan fingerprint density at radius 1 is 1.07 bits per heavy atom. The second-order valence-electron chi connectivity index (χ2n) is 5.38. The normalized spacial score (nSPS) is 10.9. The molecule has 0 aliphatic heterocycles. The SMILES string of the molecule is COc1ccc(NC(=O)COC(=O)c2ccc(Cl)c(S(N)(=O)=O)c2)cc1OC. The van der Waals surface area contributed by atoms with Crippen LogP contribution in [0.4, 0.5) is 5.69 Å². The van der Waals surface area contributed by atoms with Crippen molar-refractivity contribution in [2.75, 3.05) is 26.1 Å². The van der Waals surface area contributed by atoms with E-state index in [-0.39, 0.29) is 10.6 Å². The molecular weight excluding hydrogens is 412 g/mol. The molecular formula is C17H17ClN2O7S. The summed E-state index contributed by atoms with van der Waals surface area (Å²) in [4.78, 5) is 23.6. The number of nitrogens with one attached hydrogen (secondary N) is 1. The van der Waals surface area contributed by atoms with E-state index < -0.39 is 33.4 Å². The largest absolute Gasteiger partial charge is 0.493 e. The molecule has 150 valence electrons. The maximum absolute atomic E-state index is 12.1. The third kappa shape index (κ3) is 5.35. The number of carbonyl (C=O) groups is 2. The van der Waals surface area contributed by atoms with Gasteiger partial charge in [-0.25, -0.2) is 18.4 Å². The number of hydrogen-bond acceptors (Lipinski definition) is 7. The molecule has 9 nitrogen and oxygen atoms in total. The highest BCUT2D eigenvalue weighted by Gasteiger charge is 2.18. The first kappa shape index (κ1) is 21.5. The third-order valence-electron chi connectivity index (χ3n) is 3.48. The number of nitrogens with two attached hydrogens (primary N) is 1. The highest BCUT2D eigenvalue weighted by atomic mass is 35.5. The lowest BCUT2D eigenvalue weighted by Crippen LogP contribution is -2.21. The van der Waals surface area contributed by atoms with Crippen molar-refractivity contribution in [3.05, 3.63) is 47.0 Å². The zero-order valence-electron chi connectivity index (χ0n) is 14.9. The maximum atomic E-state index is 12.1. The maximum Gasteiger partial charge on any atom is 0.338 e. The van der Waals surface area contributed by atoms with Crippen molar-refractivity contribution in [1.29, 1.82) is 0 Å². The van der Waals surface area contributed by atoms with Crippen LogP contribution in [0.1, 0.15) is 10.4 Å². The fourth-order valence-electron chi connectivity index (χ4n) is 2.17. The van der Waals surface area contributed by atoms with Crippen LogP contribution in [0.3, 0.4) is 0 Å². The lowest BCUT2D eigenvalue weighted by atomic mass is 10.2. The molecule has 0 unspecified atom stereocenters. The molecule has 0 aliphatic carbocycles. The van der Waals surface area contributed by atoms with E-state index in [1.54, 1.807) is 12.1 Å². The summed E-state index contributed by atoms with van der Waals surface area (Å²) in [5, 5.41) is 7.43. The number of carbonyl (C=O) groups excluding carboxylic acids is 2. The standard InChI is InChI=1S/C17H17ClN2O7S/c1-25-13-6-4-11(8-14(13)26-2)20-16(21)9-27-17(22)10-3-5-12(18)15(7-10)28(19,23)24/h3-8H,9H2,1-2H3,(H,20,21)(H2,19,23,24). The van der Waals surface area contributed by atoms with Crippen molar-refractivity contribution in [2.45, 2.75) is 4.90 Å². The Morgan fingerprint density at radius 2 is 1.75 bits per heavy atom. The minimum absolute atomic E-state index is 0.118. The minimum Gasteiger partial charge on any atom is -0.493 e. The van der Waals surface area contributed by atoms with E-state index in [0.717, 1.165) is 6.07 Å². The number of primary sulfonamides is 1. The monoisotopic (exact) mass is 428 g/mol. The highest BCUT2D eigenvalue weighted by molar-refractivity contribution is 7.89. The molecule has 28 heavy (non-hydrogen) atoms. The zero-order chi connectivity index (χ0) is 20.9. The number of amides is 1. The molecule has 3 N–H and O–H groups in total. The molecule has 0 aliphatic rings. The van der Waals surface area contributed by atoms with E-state index in [9.17, 15) is 18.0 Å². The Bertz CT molecular complexity index is 1010. The first-order chi connectivity index (χ1) is 13.2. The average molecular weight is 429 g/mol. The van der Waals surface area contributed by atoms with Crippen LogP contribution in [0.2, 0.25) is 5.02 Å². The summed E-state index contributed by atoms with van der Waals surface area (Å²) in [6, 6.07) is 8.15. The summed E-state index contributed by atoms with van der Waals surface area (Å²) in [5.74, 6) is -0.625. The number of halogens is 1. The van der Waals surface area contributed by atoms with Crippen LogP contribution >= 0.6 is 11.6 Å². The van der Waals surface area contributed by atoms with Crippen LogP contribution in [0.15, 0.2) is 41.3 Å². The van der Waals surface area contributed by atoms with Crippen LogP contribution in [0, 0.1) is 0 Å². The van der Waals surface area contributed by atoms with Crippen molar-refractivity contribution >= 4 is 39.2 Å². The highest BCUT2D eigenvalue weighted by Crippen LogP contribution is 2.29. The molecule has 0 fully saturated rings. The van der Waals surface area contributed by atoms with Gasteiger partial charge in [-0.2, -0.15) is 0 Å². The van der Waals surface area contributed by atoms with Crippen LogP contribution in [0.5, 0.6) is 11.5 Å².